The minimum absolute atomic E-state index is 0.438. The Morgan fingerprint density at radius 1 is 1.35 bits per heavy atom. The van der Waals surface area contributed by atoms with Crippen LogP contribution in [0.1, 0.15) is 35.9 Å². The van der Waals surface area contributed by atoms with Crippen LogP contribution < -0.4 is 11.1 Å². The lowest BCUT2D eigenvalue weighted by atomic mass is 10.1. The van der Waals surface area contributed by atoms with Crippen molar-refractivity contribution in [3.05, 3.63) is 41.5 Å². The molecule has 0 bridgehead atoms. The van der Waals surface area contributed by atoms with Crippen LogP contribution in [0.2, 0.25) is 0 Å². The van der Waals surface area contributed by atoms with Crippen molar-refractivity contribution in [2.45, 2.75) is 26.8 Å². The second-order valence-corrected chi connectivity index (χ2v) is 5.00. The number of hydrogen-bond donors (Lipinski definition) is 2. The van der Waals surface area contributed by atoms with Crippen molar-refractivity contribution in [2.24, 2.45) is 11.7 Å². The third kappa shape index (κ3) is 3.81. The number of nitrogens with zero attached hydrogens (tertiary/aromatic N) is 2. The van der Waals surface area contributed by atoms with Crippen LogP contribution in [0, 0.1) is 5.92 Å². The summed E-state index contributed by atoms with van der Waals surface area (Å²) >= 11 is 0. The Morgan fingerprint density at radius 2 is 2.05 bits per heavy atom. The molecule has 0 aliphatic rings. The molecule has 1 heterocycles. The second kappa shape index (κ2) is 6.18. The third-order valence-electron chi connectivity index (χ3n) is 2.71. The molecule has 0 radical (unpaired) electrons. The maximum absolute atomic E-state index is 11.0. The van der Waals surface area contributed by atoms with Crippen LogP contribution in [0.5, 0.6) is 0 Å². The van der Waals surface area contributed by atoms with Crippen molar-refractivity contribution in [3.8, 4) is 0 Å². The van der Waals surface area contributed by atoms with Crippen LogP contribution in [0.25, 0.3) is 0 Å². The van der Waals surface area contributed by atoms with E-state index in [4.69, 9.17) is 10.3 Å². The monoisotopic (exact) mass is 274 g/mol. The van der Waals surface area contributed by atoms with Gasteiger partial charge in [0.05, 0.1) is 6.54 Å². The summed E-state index contributed by atoms with van der Waals surface area (Å²) < 4.78 is 5.15. The molecule has 3 N–H and O–H groups in total. The van der Waals surface area contributed by atoms with Crippen molar-refractivity contribution < 1.29 is 9.32 Å². The molecule has 6 nitrogen and oxygen atoms in total. The largest absolute Gasteiger partial charge is 0.376 e. The molecule has 0 saturated carbocycles. The minimum atomic E-state index is -0.438. The van der Waals surface area contributed by atoms with Gasteiger partial charge in [-0.25, -0.2) is 0 Å². The molecule has 0 fully saturated rings. The molecule has 0 aliphatic heterocycles. The number of primary amides is 1. The Bertz CT molecular complexity index is 575. The van der Waals surface area contributed by atoms with Crippen molar-refractivity contribution >= 4 is 11.6 Å². The molecule has 1 amide bonds. The maximum Gasteiger partial charge on any atom is 0.248 e. The summed E-state index contributed by atoms with van der Waals surface area (Å²) in [5, 5.41) is 7.06. The lowest BCUT2D eigenvalue weighted by Crippen LogP contribution is -2.10. The smallest absolute Gasteiger partial charge is 0.248 e. The predicted molar refractivity (Wildman–Crippen MR) is 75.1 cm³/mol. The number of carbonyl (C=O) groups is 1. The quantitative estimate of drug-likeness (QED) is 0.840. The van der Waals surface area contributed by atoms with Crippen molar-refractivity contribution in [2.75, 3.05) is 5.32 Å². The number of benzene rings is 1. The van der Waals surface area contributed by atoms with Gasteiger partial charge in [0.15, 0.2) is 5.82 Å². The maximum atomic E-state index is 11.0. The van der Waals surface area contributed by atoms with E-state index in [1.165, 1.54) is 0 Å². The van der Waals surface area contributed by atoms with Gasteiger partial charge in [-0.2, -0.15) is 4.98 Å². The Kier molecular flexibility index (Phi) is 4.34. The van der Waals surface area contributed by atoms with E-state index in [9.17, 15) is 4.79 Å². The summed E-state index contributed by atoms with van der Waals surface area (Å²) in [5.41, 5.74) is 6.52. The standard InChI is InChI=1S/C14H18N4O2/c1-9(2)7-12-17-13(20-18-12)8-16-11-5-3-10(4-6-11)14(15)19/h3-6,9,16H,7-8H2,1-2H3,(H2,15,19). The van der Waals surface area contributed by atoms with Gasteiger partial charge < -0.3 is 15.6 Å². The highest BCUT2D eigenvalue weighted by molar-refractivity contribution is 5.93. The Balaban J connectivity index is 1.91. The predicted octanol–water partition coefficient (Wildman–Crippen LogP) is 1.98. The highest BCUT2D eigenvalue weighted by Crippen LogP contribution is 2.11. The van der Waals surface area contributed by atoms with Crippen LogP contribution in [0.4, 0.5) is 5.69 Å². The van der Waals surface area contributed by atoms with E-state index in [0.29, 0.717) is 23.9 Å². The summed E-state index contributed by atoms with van der Waals surface area (Å²) in [6.07, 6.45) is 0.802. The fourth-order valence-corrected chi connectivity index (χ4v) is 1.74. The third-order valence-corrected chi connectivity index (χ3v) is 2.71. The number of rotatable bonds is 6. The topological polar surface area (TPSA) is 94.0 Å². The molecule has 1 aromatic carbocycles. The Morgan fingerprint density at radius 3 is 2.65 bits per heavy atom. The summed E-state index contributed by atoms with van der Waals surface area (Å²) in [5.74, 6) is 1.32. The Hall–Kier alpha value is -2.37. The number of nitrogens with two attached hydrogens (primary N) is 1. The molecule has 0 unspecified atom stereocenters. The highest BCUT2D eigenvalue weighted by Gasteiger charge is 2.08. The summed E-state index contributed by atoms with van der Waals surface area (Å²) in [6.45, 7) is 4.66. The van der Waals surface area contributed by atoms with E-state index < -0.39 is 5.91 Å². The summed E-state index contributed by atoms with van der Waals surface area (Å²) in [7, 11) is 0. The molecule has 0 spiro atoms. The first-order valence-electron chi connectivity index (χ1n) is 6.50. The van der Waals surface area contributed by atoms with Crippen molar-refractivity contribution in [3.63, 3.8) is 0 Å². The number of aromatic nitrogens is 2. The molecule has 106 valence electrons. The number of amides is 1. The average Bonchev–Trinajstić information content (AvgIpc) is 2.83. The van der Waals surface area contributed by atoms with E-state index in [1.54, 1.807) is 24.3 Å². The normalized spacial score (nSPS) is 10.8. The van der Waals surface area contributed by atoms with Gasteiger partial charge >= 0.3 is 0 Å². The van der Waals surface area contributed by atoms with Crippen molar-refractivity contribution in [1.82, 2.24) is 10.1 Å². The van der Waals surface area contributed by atoms with Crippen LogP contribution in [-0.2, 0) is 13.0 Å². The molecule has 2 rings (SSSR count). The van der Waals surface area contributed by atoms with Gasteiger partial charge in [0, 0.05) is 17.7 Å². The zero-order valence-electron chi connectivity index (χ0n) is 11.6. The van der Waals surface area contributed by atoms with Gasteiger partial charge in [-0.1, -0.05) is 19.0 Å². The number of anilines is 1. The van der Waals surface area contributed by atoms with E-state index >= 15 is 0 Å². The first kappa shape index (κ1) is 14.0. The number of hydrogen-bond acceptors (Lipinski definition) is 5. The van der Waals surface area contributed by atoms with E-state index in [1.807, 2.05) is 0 Å². The van der Waals surface area contributed by atoms with Gasteiger partial charge in [0.2, 0.25) is 11.8 Å². The van der Waals surface area contributed by atoms with E-state index in [0.717, 1.165) is 17.9 Å². The Labute approximate surface area is 117 Å². The first-order chi connectivity index (χ1) is 9.54. The molecule has 0 atom stereocenters. The van der Waals surface area contributed by atoms with Gasteiger partial charge in [-0.05, 0) is 30.2 Å². The fourth-order valence-electron chi connectivity index (χ4n) is 1.74. The lowest BCUT2D eigenvalue weighted by molar-refractivity contribution is 0.100. The first-order valence-corrected chi connectivity index (χ1v) is 6.50. The van der Waals surface area contributed by atoms with Crippen LogP contribution >= 0.6 is 0 Å². The van der Waals surface area contributed by atoms with Gasteiger partial charge in [-0.15, -0.1) is 0 Å². The molecule has 0 aliphatic carbocycles. The minimum Gasteiger partial charge on any atom is -0.376 e. The molecular weight excluding hydrogens is 256 g/mol. The fraction of sp³-hybridized carbons (Fsp3) is 0.357. The number of carbonyl (C=O) groups excluding carboxylic acids is 1. The molecule has 1 aromatic heterocycles. The lowest BCUT2D eigenvalue weighted by Gasteiger charge is -2.03. The van der Waals surface area contributed by atoms with Crippen molar-refractivity contribution in [1.29, 1.82) is 0 Å². The zero-order chi connectivity index (χ0) is 14.5. The van der Waals surface area contributed by atoms with Gasteiger partial charge in [0.25, 0.3) is 0 Å². The SMILES string of the molecule is CC(C)Cc1noc(CNc2ccc(C(N)=O)cc2)n1. The van der Waals surface area contributed by atoms with E-state index in [-0.39, 0.29) is 0 Å². The molecule has 2 aromatic rings. The van der Waals surface area contributed by atoms with Gasteiger partial charge in [0.1, 0.15) is 0 Å². The molecular formula is C14H18N4O2. The second-order valence-electron chi connectivity index (χ2n) is 5.00. The highest BCUT2D eigenvalue weighted by atomic mass is 16.5. The van der Waals surface area contributed by atoms with Crippen LogP contribution in [0.15, 0.2) is 28.8 Å². The summed E-state index contributed by atoms with van der Waals surface area (Å²) in [6, 6.07) is 6.91. The molecule has 0 saturated heterocycles. The van der Waals surface area contributed by atoms with Crippen LogP contribution in [-0.4, -0.2) is 16.0 Å². The number of nitrogens with one attached hydrogen (secondary N) is 1. The van der Waals surface area contributed by atoms with E-state index in [2.05, 4.69) is 29.3 Å². The summed E-state index contributed by atoms with van der Waals surface area (Å²) in [4.78, 5) is 15.2. The zero-order valence-corrected chi connectivity index (χ0v) is 11.6. The van der Waals surface area contributed by atoms with Gasteiger partial charge in [-0.3, -0.25) is 4.79 Å². The molecule has 6 heteroatoms. The molecule has 20 heavy (non-hydrogen) atoms. The average molecular weight is 274 g/mol. The van der Waals surface area contributed by atoms with Crippen LogP contribution in [0.3, 0.4) is 0 Å².